The highest BCUT2D eigenvalue weighted by Gasteiger charge is 2.59. The lowest BCUT2D eigenvalue weighted by molar-refractivity contribution is -0.139. The summed E-state index contributed by atoms with van der Waals surface area (Å²) in [6.07, 6.45) is 2.31. The first-order valence-corrected chi connectivity index (χ1v) is 7.56. The first-order chi connectivity index (χ1) is 10.6. The smallest absolute Gasteiger partial charge is 0.307 e. The SMILES string of the molecule is O=C(O)C1CC12CCN(C(=O)c1n[nH]c3ccccc13)CC2. The fraction of sp³-hybridized carbons (Fsp3) is 0.438. The molecule has 2 aromatic rings. The van der Waals surface area contributed by atoms with E-state index in [0.29, 0.717) is 18.8 Å². The van der Waals surface area contributed by atoms with Crippen molar-refractivity contribution >= 4 is 22.8 Å². The third-order valence-electron chi connectivity index (χ3n) is 5.21. The lowest BCUT2D eigenvalue weighted by Gasteiger charge is -2.32. The minimum absolute atomic E-state index is 0.0593. The number of para-hydroxylation sites is 1. The van der Waals surface area contributed by atoms with Crippen LogP contribution in [0.25, 0.3) is 10.9 Å². The number of hydrogen-bond donors (Lipinski definition) is 2. The highest BCUT2D eigenvalue weighted by atomic mass is 16.4. The van der Waals surface area contributed by atoms with Crippen LogP contribution in [0.15, 0.2) is 24.3 Å². The lowest BCUT2D eigenvalue weighted by atomic mass is 9.90. The summed E-state index contributed by atoms with van der Waals surface area (Å²) < 4.78 is 0. The number of hydrogen-bond acceptors (Lipinski definition) is 3. The van der Waals surface area contributed by atoms with Crippen molar-refractivity contribution in [1.29, 1.82) is 0 Å². The Morgan fingerprint density at radius 1 is 1.27 bits per heavy atom. The van der Waals surface area contributed by atoms with Gasteiger partial charge in [-0.1, -0.05) is 18.2 Å². The zero-order valence-electron chi connectivity index (χ0n) is 12.1. The molecule has 2 aliphatic rings. The molecule has 114 valence electrons. The number of carboxylic acid groups (broad SMARTS) is 1. The van der Waals surface area contributed by atoms with Gasteiger partial charge in [0, 0.05) is 18.5 Å². The zero-order chi connectivity index (χ0) is 15.3. The number of carbonyl (C=O) groups excluding carboxylic acids is 1. The molecule has 1 aliphatic carbocycles. The van der Waals surface area contributed by atoms with Crippen molar-refractivity contribution in [3.05, 3.63) is 30.0 Å². The molecule has 1 amide bonds. The summed E-state index contributed by atoms with van der Waals surface area (Å²) in [5, 5.41) is 17.0. The van der Waals surface area contributed by atoms with Crippen LogP contribution < -0.4 is 0 Å². The number of benzene rings is 1. The maximum Gasteiger partial charge on any atom is 0.307 e. The first-order valence-electron chi connectivity index (χ1n) is 7.56. The second-order valence-electron chi connectivity index (χ2n) is 6.37. The summed E-state index contributed by atoms with van der Waals surface area (Å²) in [7, 11) is 0. The van der Waals surface area contributed by atoms with Gasteiger partial charge in [-0.15, -0.1) is 0 Å². The molecule has 0 radical (unpaired) electrons. The predicted molar refractivity (Wildman–Crippen MR) is 79.4 cm³/mol. The van der Waals surface area contributed by atoms with Crippen molar-refractivity contribution < 1.29 is 14.7 Å². The maximum absolute atomic E-state index is 12.6. The average molecular weight is 299 g/mol. The number of likely N-dealkylation sites (tertiary alicyclic amines) is 1. The molecule has 1 aliphatic heterocycles. The van der Waals surface area contributed by atoms with E-state index in [4.69, 9.17) is 5.11 Å². The lowest BCUT2D eigenvalue weighted by Crippen LogP contribution is -2.40. The summed E-state index contributed by atoms with van der Waals surface area (Å²) in [6, 6.07) is 7.57. The Morgan fingerprint density at radius 3 is 2.68 bits per heavy atom. The van der Waals surface area contributed by atoms with E-state index < -0.39 is 5.97 Å². The van der Waals surface area contributed by atoms with Crippen LogP contribution in [0.5, 0.6) is 0 Å². The molecule has 1 atom stereocenters. The van der Waals surface area contributed by atoms with Crippen molar-refractivity contribution in [3.8, 4) is 0 Å². The minimum Gasteiger partial charge on any atom is -0.481 e. The van der Waals surface area contributed by atoms with Crippen LogP contribution in [0.3, 0.4) is 0 Å². The van der Waals surface area contributed by atoms with Gasteiger partial charge >= 0.3 is 5.97 Å². The Hall–Kier alpha value is -2.37. The second kappa shape index (κ2) is 4.56. The molecular weight excluding hydrogens is 282 g/mol. The molecule has 1 aromatic carbocycles. The number of aliphatic carboxylic acids is 1. The average Bonchev–Trinajstić information content (AvgIpc) is 3.06. The molecule has 1 unspecified atom stereocenters. The van der Waals surface area contributed by atoms with Gasteiger partial charge in [0.15, 0.2) is 5.69 Å². The van der Waals surface area contributed by atoms with Gasteiger partial charge in [0.25, 0.3) is 5.91 Å². The number of rotatable bonds is 2. The molecule has 1 saturated heterocycles. The number of H-pyrrole nitrogens is 1. The standard InChI is InChI=1S/C16H17N3O3/c20-14(13-10-3-1-2-4-12(10)17-18-13)19-7-5-16(6-8-19)9-11(16)15(21)22/h1-4,11H,5-9H2,(H,17,18)(H,21,22). The molecule has 6 nitrogen and oxygen atoms in total. The Kier molecular flexibility index (Phi) is 2.76. The van der Waals surface area contributed by atoms with Crippen molar-refractivity contribution in [2.45, 2.75) is 19.3 Å². The Bertz CT molecular complexity index is 759. The van der Waals surface area contributed by atoms with Crippen LogP contribution in [-0.2, 0) is 4.79 Å². The third-order valence-corrected chi connectivity index (χ3v) is 5.21. The number of nitrogens with one attached hydrogen (secondary N) is 1. The fourth-order valence-corrected chi connectivity index (χ4v) is 3.68. The quantitative estimate of drug-likeness (QED) is 0.886. The van der Waals surface area contributed by atoms with Crippen LogP contribution >= 0.6 is 0 Å². The van der Waals surface area contributed by atoms with Crippen molar-refractivity contribution in [2.75, 3.05) is 13.1 Å². The summed E-state index contributed by atoms with van der Waals surface area (Å²) in [5.41, 5.74) is 1.25. The Morgan fingerprint density at radius 2 is 2.00 bits per heavy atom. The molecule has 0 bridgehead atoms. The summed E-state index contributed by atoms with van der Waals surface area (Å²) in [5.74, 6) is -0.978. The van der Waals surface area contributed by atoms with Crippen LogP contribution in [0.2, 0.25) is 0 Å². The van der Waals surface area contributed by atoms with Crippen LogP contribution in [0, 0.1) is 11.3 Å². The Labute approximate surface area is 127 Å². The molecule has 2 fully saturated rings. The van der Waals surface area contributed by atoms with E-state index >= 15 is 0 Å². The van der Waals surface area contributed by atoms with E-state index in [1.807, 2.05) is 24.3 Å². The zero-order valence-corrected chi connectivity index (χ0v) is 12.1. The van der Waals surface area contributed by atoms with Gasteiger partial charge in [-0.3, -0.25) is 14.7 Å². The van der Waals surface area contributed by atoms with Crippen molar-refractivity contribution in [2.24, 2.45) is 11.3 Å². The van der Waals surface area contributed by atoms with Gasteiger partial charge in [0.2, 0.25) is 0 Å². The van der Waals surface area contributed by atoms with E-state index in [1.54, 1.807) is 4.90 Å². The molecular formula is C16H17N3O3. The van der Waals surface area contributed by atoms with Crippen molar-refractivity contribution in [3.63, 3.8) is 0 Å². The molecule has 2 heterocycles. The number of carbonyl (C=O) groups is 2. The van der Waals surface area contributed by atoms with Crippen LogP contribution in [0.1, 0.15) is 29.8 Å². The molecule has 1 spiro atoms. The second-order valence-corrected chi connectivity index (χ2v) is 6.37. The van der Waals surface area contributed by atoms with E-state index in [1.165, 1.54) is 0 Å². The molecule has 6 heteroatoms. The van der Waals surface area contributed by atoms with Crippen LogP contribution in [0.4, 0.5) is 0 Å². The summed E-state index contributed by atoms with van der Waals surface area (Å²) >= 11 is 0. The summed E-state index contributed by atoms with van der Waals surface area (Å²) in [6.45, 7) is 1.23. The molecule has 1 saturated carbocycles. The van der Waals surface area contributed by atoms with E-state index in [2.05, 4.69) is 10.2 Å². The third kappa shape index (κ3) is 1.90. The largest absolute Gasteiger partial charge is 0.481 e. The number of piperidine rings is 1. The molecule has 1 aromatic heterocycles. The highest BCUT2D eigenvalue weighted by Crippen LogP contribution is 2.59. The number of amides is 1. The number of carboxylic acids is 1. The topological polar surface area (TPSA) is 86.3 Å². The number of fused-ring (bicyclic) bond motifs is 1. The normalized spacial score (nSPS) is 22.9. The van der Waals surface area contributed by atoms with Crippen molar-refractivity contribution in [1.82, 2.24) is 15.1 Å². The maximum atomic E-state index is 12.6. The van der Waals surface area contributed by atoms with Crippen LogP contribution in [-0.4, -0.2) is 45.2 Å². The van der Waals surface area contributed by atoms with E-state index in [0.717, 1.165) is 30.2 Å². The number of aromatic amines is 1. The Balaban J connectivity index is 1.50. The number of aromatic nitrogens is 2. The fourth-order valence-electron chi connectivity index (χ4n) is 3.68. The first kappa shape index (κ1) is 13.3. The minimum atomic E-state index is -0.696. The van der Waals surface area contributed by atoms with Gasteiger partial charge in [0.1, 0.15) is 0 Å². The summed E-state index contributed by atoms with van der Waals surface area (Å²) in [4.78, 5) is 25.5. The van der Waals surface area contributed by atoms with Gasteiger partial charge in [0.05, 0.1) is 11.4 Å². The monoisotopic (exact) mass is 299 g/mol. The van der Waals surface area contributed by atoms with Gasteiger partial charge in [-0.05, 0) is 30.7 Å². The molecule has 4 rings (SSSR count). The van der Waals surface area contributed by atoms with E-state index in [9.17, 15) is 9.59 Å². The van der Waals surface area contributed by atoms with Gasteiger partial charge in [-0.25, -0.2) is 0 Å². The van der Waals surface area contributed by atoms with Gasteiger partial charge < -0.3 is 10.0 Å². The molecule has 22 heavy (non-hydrogen) atoms. The predicted octanol–water partition coefficient (Wildman–Crippen LogP) is 1.89. The molecule has 2 N–H and O–H groups in total. The number of nitrogens with zero attached hydrogens (tertiary/aromatic N) is 2. The van der Waals surface area contributed by atoms with E-state index in [-0.39, 0.29) is 17.2 Å². The van der Waals surface area contributed by atoms with Gasteiger partial charge in [-0.2, -0.15) is 5.10 Å². The highest BCUT2D eigenvalue weighted by molar-refractivity contribution is 6.04.